The zero-order chi connectivity index (χ0) is 19.8. The van der Waals surface area contributed by atoms with E-state index in [-0.39, 0.29) is 29.5 Å². The van der Waals surface area contributed by atoms with Gasteiger partial charge in [0.1, 0.15) is 11.4 Å². The van der Waals surface area contributed by atoms with Crippen LogP contribution in [0.2, 0.25) is 0 Å². The molecule has 1 aliphatic carbocycles. The Kier molecular flexibility index (Phi) is 4.78. The van der Waals surface area contributed by atoms with Crippen LogP contribution in [-0.2, 0) is 11.8 Å². The second-order valence-corrected chi connectivity index (χ2v) is 7.34. The molecule has 2 aliphatic rings. The lowest BCUT2D eigenvalue weighted by Crippen LogP contribution is -2.51. The molecule has 148 valence electrons. The number of amides is 2. The number of halogens is 1. The van der Waals surface area contributed by atoms with Crippen LogP contribution in [0.4, 0.5) is 4.39 Å². The Hall–Kier alpha value is -2.90. The first-order chi connectivity index (χ1) is 13.5. The molecule has 8 heteroatoms. The Morgan fingerprint density at radius 2 is 1.75 bits per heavy atom. The molecule has 4 rings (SSSR count). The molecule has 1 aromatic carbocycles. The summed E-state index contributed by atoms with van der Waals surface area (Å²) in [5.74, 6) is 0.177. The third-order valence-corrected chi connectivity index (χ3v) is 5.50. The number of rotatable bonds is 4. The van der Waals surface area contributed by atoms with Gasteiger partial charge in [-0.3, -0.25) is 14.3 Å². The number of ether oxygens (including phenoxy) is 1. The number of carbonyl (C=O) groups excluding carboxylic acids is 2. The van der Waals surface area contributed by atoms with Gasteiger partial charge >= 0.3 is 0 Å². The quantitative estimate of drug-likeness (QED) is 0.802. The molecule has 1 aromatic heterocycles. The molecule has 2 unspecified atom stereocenters. The van der Waals surface area contributed by atoms with E-state index in [0.717, 1.165) is 12.0 Å². The number of nitrogens with zero attached hydrogens (tertiary/aromatic N) is 4. The fraction of sp³-hybridized carbons (Fsp3) is 0.450. The van der Waals surface area contributed by atoms with Crippen LogP contribution in [0.25, 0.3) is 0 Å². The van der Waals surface area contributed by atoms with Gasteiger partial charge in [0.15, 0.2) is 0 Å². The van der Waals surface area contributed by atoms with E-state index in [1.165, 1.54) is 19.2 Å². The van der Waals surface area contributed by atoms with E-state index in [2.05, 4.69) is 5.10 Å². The zero-order valence-electron chi connectivity index (χ0n) is 16.0. The average Bonchev–Trinajstić information content (AvgIpc) is 3.42. The molecule has 1 saturated heterocycles. The number of benzene rings is 1. The van der Waals surface area contributed by atoms with Crippen molar-refractivity contribution in [3.05, 3.63) is 47.4 Å². The van der Waals surface area contributed by atoms with Crippen molar-refractivity contribution in [2.45, 2.75) is 12.3 Å². The van der Waals surface area contributed by atoms with Crippen molar-refractivity contribution in [3.8, 4) is 5.88 Å². The molecule has 2 heterocycles. The standard InChI is InChI=1S/C20H23FN4O3/c1-23-12-17(18(22-23)28-2)20(27)25-9-7-24(8-10-25)19(26)16-11-15(16)13-3-5-14(21)6-4-13/h3-6,12,15-16H,7-11H2,1-2H3. The topological polar surface area (TPSA) is 67.7 Å². The molecule has 2 amide bonds. The van der Waals surface area contributed by atoms with Crippen LogP contribution >= 0.6 is 0 Å². The molecule has 0 N–H and O–H groups in total. The highest BCUT2D eigenvalue weighted by atomic mass is 19.1. The van der Waals surface area contributed by atoms with E-state index >= 15 is 0 Å². The normalized spacial score (nSPS) is 21.5. The fourth-order valence-electron chi connectivity index (χ4n) is 3.85. The Bertz CT molecular complexity index is 887. The van der Waals surface area contributed by atoms with Crippen LogP contribution < -0.4 is 4.74 Å². The summed E-state index contributed by atoms with van der Waals surface area (Å²) in [6, 6.07) is 6.38. The van der Waals surface area contributed by atoms with Crippen LogP contribution in [0, 0.1) is 11.7 Å². The molecular formula is C20H23FN4O3. The Morgan fingerprint density at radius 3 is 2.39 bits per heavy atom. The van der Waals surface area contributed by atoms with E-state index in [0.29, 0.717) is 37.6 Å². The molecular weight excluding hydrogens is 363 g/mol. The van der Waals surface area contributed by atoms with Crippen molar-refractivity contribution < 1.29 is 18.7 Å². The number of aromatic nitrogens is 2. The predicted molar refractivity (Wildman–Crippen MR) is 99.5 cm³/mol. The lowest BCUT2D eigenvalue weighted by molar-refractivity contribution is -0.134. The van der Waals surface area contributed by atoms with Crippen LogP contribution in [0.1, 0.15) is 28.3 Å². The lowest BCUT2D eigenvalue weighted by atomic mass is 10.1. The summed E-state index contributed by atoms with van der Waals surface area (Å²) < 4.78 is 19.8. The van der Waals surface area contributed by atoms with Gasteiger partial charge in [-0.25, -0.2) is 4.39 Å². The highest BCUT2D eigenvalue weighted by molar-refractivity contribution is 5.96. The maximum Gasteiger partial charge on any atom is 0.261 e. The first-order valence-corrected chi connectivity index (χ1v) is 9.39. The maximum absolute atomic E-state index is 13.1. The highest BCUT2D eigenvalue weighted by Crippen LogP contribution is 2.48. The van der Waals surface area contributed by atoms with E-state index in [9.17, 15) is 14.0 Å². The van der Waals surface area contributed by atoms with Crippen molar-refractivity contribution in [1.29, 1.82) is 0 Å². The maximum atomic E-state index is 13.1. The summed E-state index contributed by atoms with van der Waals surface area (Å²) in [6.07, 6.45) is 2.45. The van der Waals surface area contributed by atoms with Crippen LogP contribution in [0.5, 0.6) is 5.88 Å². The summed E-state index contributed by atoms with van der Waals surface area (Å²) in [6.45, 7) is 1.99. The number of carbonyl (C=O) groups is 2. The predicted octanol–water partition coefficient (Wildman–Crippen LogP) is 1.66. The highest BCUT2D eigenvalue weighted by Gasteiger charge is 2.46. The van der Waals surface area contributed by atoms with E-state index in [1.807, 2.05) is 4.90 Å². The van der Waals surface area contributed by atoms with Crippen molar-refractivity contribution in [2.24, 2.45) is 13.0 Å². The van der Waals surface area contributed by atoms with Crippen LogP contribution in [0.3, 0.4) is 0 Å². The molecule has 0 bridgehead atoms. The molecule has 7 nitrogen and oxygen atoms in total. The molecule has 1 aliphatic heterocycles. The van der Waals surface area contributed by atoms with Gasteiger partial charge in [-0.15, -0.1) is 5.10 Å². The van der Waals surface area contributed by atoms with E-state index in [1.54, 1.807) is 35.0 Å². The minimum absolute atomic E-state index is 0.0360. The zero-order valence-corrected chi connectivity index (χ0v) is 16.0. The second kappa shape index (κ2) is 7.26. The second-order valence-electron chi connectivity index (χ2n) is 7.34. The number of methoxy groups -OCH3 is 1. The third-order valence-electron chi connectivity index (χ3n) is 5.50. The molecule has 2 atom stereocenters. The summed E-state index contributed by atoms with van der Waals surface area (Å²) in [4.78, 5) is 29.1. The van der Waals surface area contributed by atoms with Gasteiger partial charge < -0.3 is 14.5 Å². The van der Waals surface area contributed by atoms with E-state index < -0.39 is 0 Å². The number of aryl methyl sites for hydroxylation is 1. The first kappa shape index (κ1) is 18.5. The summed E-state index contributed by atoms with van der Waals surface area (Å²) >= 11 is 0. The number of hydrogen-bond donors (Lipinski definition) is 0. The molecule has 0 spiro atoms. The minimum Gasteiger partial charge on any atom is -0.479 e. The molecule has 2 fully saturated rings. The smallest absolute Gasteiger partial charge is 0.261 e. The minimum atomic E-state index is -0.265. The van der Waals surface area contributed by atoms with Gasteiger partial charge in [0.05, 0.1) is 7.11 Å². The van der Waals surface area contributed by atoms with Crippen molar-refractivity contribution in [3.63, 3.8) is 0 Å². The van der Waals surface area contributed by atoms with Gasteiger partial charge in [0.25, 0.3) is 5.91 Å². The molecule has 28 heavy (non-hydrogen) atoms. The third kappa shape index (κ3) is 3.46. The van der Waals surface area contributed by atoms with Gasteiger partial charge in [-0.05, 0) is 30.0 Å². The fourth-order valence-corrected chi connectivity index (χ4v) is 3.85. The monoisotopic (exact) mass is 386 g/mol. The Balaban J connectivity index is 1.33. The Labute approximate surface area is 162 Å². The van der Waals surface area contributed by atoms with Gasteiger partial charge in [-0.1, -0.05) is 12.1 Å². The summed E-state index contributed by atoms with van der Waals surface area (Å²) in [5.41, 5.74) is 1.44. The van der Waals surface area contributed by atoms with Gasteiger partial charge in [0.2, 0.25) is 11.8 Å². The molecule has 2 aromatic rings. The van der Waals surface area contributed by atoms with Crippen molar-refractivity contribution >= 4 is 11.8 Å². The SMILES string of the molecule is COc1nn(C)cc1C(=O)N1CCN(C(=O)C2CC2c2ccc(F)cc2)CC1. The number of piperazine rings is 1. The van der Waals surface area contributed by atoms with Gasteiger partial charge in [0, 0.05) is 45.3 Å². The molecule has 1 saturated carbocycles. The lowest BCUT2D eigenvalue weighted by Gasteiger charge is -2.34. The average molecular weight is 386 g/mol. The summed E-state index contributed by atoms with van der Waals surface area (Å²) in [7, 11) is 3.23. The van der Waals surface area contributed by atoms with Crippen molar-refractivity contribution in [1.82, 2.24) is 19.6 Å². The first-order valence-electron chi connectivity index (χ1n) is 9.39. The van der Waals surface area contributed by atoms with Crippen LogP contribution in [0.15, 0.2) is 30.5 Å². The number of hydrogen-bond acceptors (Lipinski definition) is 4. The summed E-state index contributed by atoms with van der Waals surface area (Å²) in [5, 5.41) is 4.12. The van der Waals surface area contributed by atoms with E-state index in [4.69, 9.17) is 4.74 Å². The molecule has 0 radical (unpaired) electrons. The Morgan fingerprint density at radius 1 is 1.11 bits per heavy atom. The van der Waals surface area contributed by atoms with Crippen molar-refractivity contribution in [2.75, 3.05) is 33.3 Å². The largest absolute Gasteiger partial charge is 0.479 e. The van der Waals surface area contributed by atoms with Gasteiger partial charge in [-0.2, -0.15) is 0 Å². The van der Waals surface area contributed by atoms with Crippen LogP contribution in [-0.4, -0.2) is 64.7 Å².